The lowest BCUT2D eigenvalue weighted by atomic mass is 10.1. The molecule has 7 nitrogen and oxygen atoms in total. The van der Waals surface area contributed by atoms with Crippen molar-refractivity contribution in [2.75, 3.05) is 10.0 Å². The Bertz CT molecular complexity index is 848. The number of hydrogen-bond acceptors (Lipinski definition) is 6. The van der Waals surface area contributed by atoms with Gasteiger partial charge in [-0.2, -0.15) is 0 Å². The van der Waals surface area contributed by atoms with E-state index in [0.29, 0.717) is 17.1 Å². The van der Waals surface area contributed by atoms with Gasteiger partial charge in [-0.3, -0.25) is 9.52 Å². The Balaban J connectivity index is 1.78. The summed E-state index contributed by atoms with van der Waals surface area (Å²) in [7, 11) is -3.73. The number of nitrogens with one attached hydrogen (secondary N) is 2. The summed E-state index contributed by atoms with van der Waals surface area (Å²) in [5.41, 5.74) is 0.582. The van der Waals surface area contributed by atoms with Gasteiger partial charge in [0.05, 0.1) is 4.90 Å². The third-order valence-electron chi connectivity index (χ3n) is 4.20. The van der Waals surface area contributed by atoms with Crippen LogP contribution in [0.4, 0.5) is 10.8 Å². The number of aryl methyl sites for hydroxylation is 1. The minimum atomic E-state index is -3.73. The molecular formula is C19H28N4O3S2. The average molecular weight is 425 g/mol. The highest BCUT2D eigenvalue weighted by Crippen LogP contribution is 2.21. The Morgan fingerprint density at radius 1 is 1.00 bits per heavy atom. The largest absolute Gasteiger partial charge is 0.326 e. The molecule has 0 saturated carbocycles. The highest BCUT2D eigenvalue weighted by Gasteiger charge is 2.16. The van der Waals surface area contributed by atoms with Gasteiger partial charge in [0.1, 0.15) is 5.01 Å². The Labute approximate surface area is 171 Å². The van der Waals surface area contributed by atoms with E-state index in [0.717, 1.165) is 12.8 Å². The van der Waals surface area contributed by atoms with Gasteiger partial charge in [0, 0.05) is 12.1 Å². The van der Waals surface area contributed by atoms with Crippen molar-refractivity contribution >= 4 is 38.1 Å². The summed E-state index contributed by atoms with van der Waals surface area (Å²) < 4.78 is 27.1. The third-order valence-corrected chi connectivity index (χ3v) is 6.44. The zero-order valence-electron chi connectivity index (χ0n) is 16.4. The van der Waals surface area contributed by atoms with Crippen molar-refractivity contribution in [3.8, 4) is 0 Å². The summed E-state index contributed by atoms with van der Waals surface area (Å²) >= 11 is 1.17. The van der Waals surface area contributed by atoms with Gasteiger partial charge in [-0.05, 0) is 37.6 Å². The van der Waals surface area contributed by atoms with E-state index in [4.69, 9.17) is 0 Å². The van der Waals surface area contributed by atoms with Crippen LogP contribution in [-0.4, -0.2) is 24.5 Å². The van der Waals surface area contributed by atoms with Crippen molar-refractivity contribution < 1.29 is 13.2 Å². The number of rotatable bonds is 12. The predicted octanol–water partition coefficient (Wildman–Crippen LogP) is 4.73. The maximum absolute atomic E-state index is 12.4. The molecule has 2 N–H and O–H groups in total. The van der Waals surface area contributed by atoms with E-state index in [1.807, 2.05) is 0 Å². The SMILES string of the molecule is CCCCCCCCCC(=O)Nc1ccc(S(=O)(=O)Nc2nnc(C)s2)cc1. The first-order valence-electron chi connectivity index (χ1n) is 9.63. The molecule has 0 aliphatic heterocycles. The maximum Gasteiger partial charge on any atom is 0.263 e. The number of carbonyl (C=O) groups is 1. The van der Waals surface area contributed by atoms with Gasteiger partial charge >= 0.3 is 0 Å². The van der Waals surface area contributed by atoms with Gasteiger partial charge in [0.15, 0.2) is 0 Å². The molecule has 154 valence electrons. The fourth-order valence-electron chi connectivity index (χ4n) is 2.70. The Morgan fingerprint density at radius 3 is 2.25 bits per heavy atom. The standard InChI is InChI=1S/C19H28N4O3S2/c1-3-4-5-6-7-8-9-10-18(24)20-16-11-13-17(14-12-16)28(25,26)23-19-22-21-15(2)27-19/h11-14H,3-10H2,1-2H3,(H,20,24)(H,22,23). The zero-order chi connectivity index (χ0) is 20.4. The first-order valence-corrected chi connectivity index (χ1v) is 11.9. The van der Waals surface area contributed by atoms with Crippen LogP contribution in [0.15, 0.2) is 29.2 Å². The predicted molar refractivity (Wildman–Crippen MR) is 113 cm³/mol. The van der Waals surface area contributed by atoms with E-state index in [1.165, 1.54) is 55.6 Å². The second-order valence-corrected chi connectivity index (χ2v) is 9.54. The van der Waals surface area contributed by atoms with E-state index in [-0.39, 0.29) is 15.9 Å². The smallest absolute Gasteiger partial charge is 0.263 e. The molecule has 9 heteroatoms. The van der Waals surface area contributed by atoms with Crippen LogP contribution in [0.1, 0.15) is 63.3 Å². The number of amides is 1. The Hall–Kier alpha value is -2.00. The molecule has 0 atom stereocenters. The molecule has 0 spiro atoms. The van der Waals surface area contributed by atoms with Crippen molar-refractivity contribution in [2.45, 2.75) is 70.1 Å². The number of sulfonamides is 1. The molecule has 1 amide bonds. The van der Waals surface area contributed by atoms with Crippen LogP contribution in [0.2, 0.25) is 0 Å². The molecule has 0 fully saturated rings. The molecule has 1 heterocycles. The Kier molecular flexibility index (Phi) is 8.85. The van der Waals surface area contributed by atoms with Crippen molar-refractivity contribution in [2.24, 2.45) is 0 Å². The lowest BCUT2D eigenvalue weighted by molar-refractivity contribution is -0.116. The molecular weight excluding hydrogens is 396 g/mol. The van der Waals surface area contributed by atoms with Crippen molar-refractivity contribution in [1.29, 1.82) is 0 Å². The number of nitrogens with zero attached hydrogens (tertiary/aromatic N) is 2. The van der Waals surface area contributed by atoms with Crippen LogP contribution in [0.5, 0.6) is 0 Å². The summed E-state index contributed by atoms with van der Waals surface area (Å²) in [6.45, 7) is 3.95. The molecule has 1 aromatic carbocycles. The van der Waals surface area contributed by atoms with Crippen molar-refractivity contribution in [3.63, 3.8) is 0 Å². The van der Waals surface area contributed by atoms with Crippen LogP contribution in [0.25, 0.3) is 0 Å². The molecule has 0 aliphatic rings. The van der Waals surface area contributed by atoms with E-state index < -0.39 is 10.0 Å². The van der Waals surface area contributed by atoms with Crippen LogP contribution in [0.3, 0.4) is 0 Å². The molecule has 0 aliphatic carbocycles. The molecule has 0 unspecified atom stereocenters. The number of unbranched alkanes of at least 4 members (excludes halogenated alkanes) is 6. The molecule has 0 bridgehead atoms. The Morgan fingerprint density at radius 2 is 1.64 bits per heavy atom. The fraction of sp³-hybridized carbons (Fsp3) is 0.526. The summed E-state index contributed by atoms with van der Waals surface area (Å²) in [5.74, 6) is -0.0494. The quantitative estimate of drug-likeness (QED) is 0.480. The highest BCUT2D eigenvalue weighted by molar-refractivity contribution is 7.93. The summed E-state index contributed by atoms with van der Waals surface area (Å²) in [6, 6.07) is 6.09. The lowest BCUT2D eigenvalue weighted by Gasteiger charge is -2.08. The van der Waals surface area contributed by atoms with E-state index in [9.17, 15) is 13.2 Å². The molecule has 28 heavy (non-hydrogen) atoms. The third kappa shape index (κ3) is 7.55. The molecule has 0 radical (unpaired) electrons. The van der Waals surface area contributed by atoms with Crippen molar-refractivity contribution in [3.05, 3.63) is 29.3 Å². The maximum atomic E-state index is 12.4. The van der Waals surface area contributed by atoms with Crippen LogP contribution in [-0.2, 0) is 14.8 Å². The first kappa shape index (κ1) is 22.3. The van der Waals surface area contributed by atoms with E-state index in [1.54, 1.807) is 19.1 Å². The van der Waals surface area contributed by atoms with Crippen LogP contribution >= 0.6 is 11.3 Å². The highest BCUT2D eigenvalue weighted by atomic mass is 32.2. The molecule has 0 saturated heterocycles. The number of hydrogen-bond donors (Lipinski definition) is 2. The fourth-order valence-corrected chi connectivity index (χ4v) is 4.52. The number of anilines is 2. The van der Waals surface area contributed by atoms with E-state index >= 15 is 0 Å². The van der Waals surface area contributed by atoms with Crippen LogP contribution in [0, 0.1) is 6.92 Å². The molecule has 2 aromatic rings. The van der Waals surface area contributed by atoms with Gasteiger partial charge < -0.3 is 5.32 Å². The minimum absolute atomic E-state index is 0.0494. The normalized spacial score (nSPS) is 11.4. The van der Waals surface area contributed by atoms with Gasteiger partial charge in [-0.1, -0.05) is 56.8 Å². The van der Waals surface area contributed by atoms with Gasteiger partial charge in [-0.15, -0.1) is 10.2 Å². The zero-order valence-corrected chi connectivity index (χ0v) is 18.0. The van der Waals surface area contributed by atoms with Gasteiger partial charge in [0.2, 0.25) is 11.0 Å². The topological polar surface area (TPSA) is 101 Å². The van der Waals surface area contributed by atoms with Crippen molar-refractivity contribution in [1.82, 2.24) is 10.2 Å². The summed E-state index contributed by atoms with van der Waals surface area (Å²) in [4.78, 5) is 12.1. The number of benzene rings is 1. The minimum Gasteiger partial charge on any atom is -0.326 e. The first-order chi connectivity index (χ1) is 13.4. The number of aromatic nitrogens is 2. The van der Waals surface area contributed by atoms with Gasteiger partial charge in [-0.25, -0.2) is 8.42 Å². The summed E-state index contributed by atoms with van der Waals surface area (Å²) in [5, 5.41) is 11.3. The lowest BCUT2D eigenvalue weighted by Crippen LogP contribution is -2.14. The van der Waals surface area contributed by atoms with E-state index in [2.05, 4.69) is 27.2 Å². The number of carbonyl (C=O) groups excluding carboxylic acids is 1. The molecule has 2 rings (SSSR count). The second kappa shape index (κ2) is 11.1. The average Bonchev–Trinajstić information content (AvgIpc) is 3.05. The molecule has 1 aromatic heterocycles. The van der Waals surface area contributed by atoms with Gasteiger partial charge in [0.25, 0.3) is 10.0 Å². The van der Waals surface area contributed by atoms with Crippen LogP contribution < -0.4 is 10.0 Å². The second-order valence-electron chi connectivity index (χ2n) is 6.68. The summed E-state index contributed by atoms with van der Waals surface area (Å²) in [6.07, 6.45) is 8.59. The monoisotopic (exact) mass is 424 g/mol.